The molecular weight excluding hydrogens is 436 g/mol. The highest BCUT2D eigenvalue weighted by Gasteiger charge is 2.40. The van der Waals surface area contributed by atoms with Crippen molar-refractivity contribution in [2.45, 2.75) is 32.4 Å². The third-order valence-corrected chi connectivity index (χ3v) is 7.17. The van der Waals surface area contributed by atoms with Crippen LogP contribution < -0.4 is 10.6 Å². The summed E-state index contributed by atoms with van der Waals surface area (Å²) in [6.07, 6.45) is 6.70. The van der Waals surface area contributed by atoms with Crippen LogP contribution in [-0.4, -0.2) is 32.1 Å². The lowest BCUT2D eigenvalue weighted by Gasteiger charge is -2.26. The molecule has 174 valence electrons. The molecule has 4 heterocycles. The van der Waals surface area contributed by atoms with E-state index in [1.165, 1.54) is 0 Å². The topological polar surface area (TPSA) is 73.4 Å². The number of nitrogens with zero attached hydrogens (tertiary/aromatic N) is 5. The van der Waals surface area contributed by atoms with Gasteiger partial charge in [0.05, 0.1) is 23.9 Å². The first kappa shape index (κ1) is 21.4. The van der Waals surface area contributed by atoms with Gasteiger partial charge in [-0.3, -0.25) is 9.36 Å². The maximum absolute atomic E-state index is 13.2. The van der Waals surface area contributed by atoms with E-state index in [9.17, 15) is 4.79 Å². The lowest BCUT2D eigenvalue weighted by atomic mass is 9.87. The zero-order chi connectivity index (χ0) is 24.3. The molecule has 1 amide bonds. The van der Waals surface area contributed by atoms with Gasteiger partial charge in [0.15, 0.2) is 11.5 Å². The van der Waals surface area contributed by atoms with Crippen LogP contribution in [0.2, 0.25) is 0 Å². The SMILES string of the molecule is [C-]#[N+]c1ccc(-c2cc3n(c2)Cc2cc(N4CCC(C(C)(C)N)C4=O)ccc2-n2ccnc2-3)cc1. The van der Waals surface area contributed by atoms with Crippen molar-refractivity contribution in [3.8, 4) is 28.3 Å². The van der Waals surface area contributed by atoms with Crippen molar-refractivity contribution in [2.24, 2.45) is 11.7 Å². The Morgan fingerprint density at radius 1 is 1.11 bits per heavy atom. The second-order valence-electron chi connectivity index (χ2n) is 9.99. The second kappa shape index (κ2) is 7.69. The zero-order valence-electron chi connectivity index (χ0n) is 19.8. The number of aromatic nitrogens is 3. The molecule has 1 unspecified atom stereocenters. The molecule has 2 N–H and O–H groups in total. The van der Waals surface area contributed by atoms with Crippen molar-refractivity contribution < 1.29 is 4.79 Å². The van der Waals surface area contributed by atoms with Crippen LogP contribution in [0.1, 0.15) is 25.8 Å². The fraction of sp³-hybridized carbons (Fsp3) is 0.250. The highest BCUT2D eigenvalue weighted by Crippen LogP contribution is 2.37. The Morgan fingerprint density at radius 3 is 2.63 bits per heavy atom. The Kier molecular flexibility index (Phi) is 4.70. The molecule has 6 rings (SSSR count). The van der Waals surface area contributed by atoms with E-state index in [2.05, 4.69) is 43.4 Å². The van der Waals surface area contributed by atoms with E-state index in [1.807, 2.05) is 61.5 Å². The molecule has 1 fully saturated rings. The highest BCUT2D eigenvalue weighted by molar-refractivity contribution is 5.98. The Labute approximate surface area is 204 Å². The normalized spacial score (nSPS) is 16.9. The fourth-order valence-corrected chi connectivity index (χ4v) is 5.31. The van der Waals surface area contributed by atoms with Crippen LogP contribution in [0.4, 0.5) is 11.4 Å². The fourth-order valence-electron chi connectivity index (χ4n) is 5.31. The summed E-state index contributed by atoms with van der Waals surface area (Å²) < 4.78 is 4.32. The minimum atomic E-state index is -0.535. The van der Waals surface area contributed by atoms with E-state index < -0.39 is 5.54 Å². The number of fused-ring (bicyclic) bond motifs is 5. The molecule has 35 heavy (non-hydrogen) atoms. The van der Waals surface area contributed by atoms with Crippen molar-refractivity contribution in [2.75, 3.05) is 11.4 Å². The van der Waals surface area contributed by atoms with E-state index >= 15 is 0 Å². The summed E-state index contributed by atoms with van der Waals surface area (Å²) in [6.45, 7) is 12.4. The Hall–Kier alpha value is -4.15. The van der Waals surface area contributed by atoms with Crippen LogP contribution in [0.15, 0.2) is 67.1 Å². The Bertz CT molecular complexity index is 1500. The van der Waals surface area contributed by atoms with Crippen LogP contribution in [-0.2, 0) is 11.3 Å². The molecule has 7 heteroatoms. The van der Waals surface area contributed by atoms with Gasteiger partial charge in [0.1, 0.15) is 0 Å². The molecule has 7 nitrogen and oxygen atoms in total. The van der Waals surface area contributed by atoms with E-state index in [0.717, 1.165) is 46.0 Å². The molecule has 2 aromatic carbocycles. The number of imidazole rings is 1. The van der Waals surface area contributed by atoms with Crippen LogP contribution in [0.3, 0.4) is 0 Å². The number of carbonyl (C=O) groups excluding carboxylic acids is 1. The number of nitrogens with two attached hydrogens (primary N) is 1. The van der Waals surface area contributed by atoms with Gasteiger partial charge in [0.2, 0.25) is 5.91 Å². The lowest BCUT2D eigenvalue weighted by molar-refractivity contribution is -0.121. The Morgan fingerprint density at radius 2 is 1.91 bits per heavy atom. The molecular formula is C28H26N6O. The number of carbonyl (C=O) groups is 1. The van der Waals surface area contributed by atoms with Gasteiger partial charge in [0.25, 0.3) is 0 Å². The van der Waals surface area contributed by atoms with Crippen LogP contribution in [0, 0.1) is 12.5 Å². The van der Waals surface area contributed by atoms with Crippen molar-refractivity contribution in [3.05, 3.63) is 84.1 Å². The maximum Gasteiger partial charge on any atom is 0.231 e. The van der Waals surface area contributed by atoms with Crippen molar-refractivity contribution in [1.29, 1.82) is 0 Å². The molecule has 1 saturated heterocycles. The molecule has 2 aliphatic rings. The zero-order valence-corrected chi connectivity index (χ0v) is 19.8. The molecule has 2 aromatic heterocycles. The quantitative estimate of drug-likeness (QED) is 0.383. The van der Waals surface area contributed by atoms with Gasteiger partial charge in [-0.2, -0.15) is 0 Å². The summed E-state index contributed by atoms with van der Waals surface area (Å²) in [6, 6.07) is 16.0. The van der Waals surface area contributed by atoms with Crippen LogP contribution in [0.5, 0.6) is 0 Å². The van der Waals surface area contributed by atoms with Gasteiger partial charge in [0, 0.05) is 48.5 Å². The standard InChI is InChI=1S/C28H26N6O/c1-28(2,29)23-10-12-33(27(23)35)22-8-9-24-20(14-22)17-32-16-19(18-4-6-21(30-3)7-5-18)15-25(32)26-31-11-13-34(24)26/h4-9,11,13-16,23H,10,12,17,29H2,1-2H3. The van der Waals surface area contributed by atoms with E-state index in [0.29, 0.717) is 18.8 Å². The smallest absolute Gasteiger partial charge is 0.231 e. The molecule has 0 saturated carbocycles. The monoisotopic (exact) mass is 462 g/mol. The average Bonchev–Trinajstić information content (AvgIpc) is 3.56. The lowest BCUT2D eigenvalue weighted by Crippen LogP contribution is -2.45. The molecule has 4 aromatic rings. The predicted octanol–water partition coefficient (Wildman–Crippen LogP) is 5.01. The first-order valence-electron chi connectivity index (χ1n) is 11.8. The minimum absolute atomic E-state index is 0.0983. The maximum atomic E-state index is 13.2. The van der Waals surface area contributed by atoms with Crippen molar-refractivity contribution in [1.82, 2.24) is 14.1 Å². The first-order valence-corrected chi connectivity index (χ1v) is 11.8. The molecule has 1 atom stereocenters. The summed E-state index contributed by atoms with van der Waals surface area (Å²) in [5.74, 6) is 0.804. The molecule has 0 radical (unpaired) electrons. The largest absolute Gasteiger partial charge is 0.340 e. The van der Waals surface area contributed by atoms with Gasteiger partial charge < -0.3 is 15.2 Å². The Balaban J connectivity index is 1.40. The van der Waals surface area contributed by atoms with Gasteiger partial charge in [-0.25, -0.2) is 9.83 Å². The van der Waals surface area contributed by atoms with Crippen molar-refractivity contribution >= 4 is 17.3 Å². The summed E-state index contributed by atoms with van der Waals surface area (Å²) in [7, 11) is 0. The second-order valence-corrected chi connectivity index (χ2v) is 9.99. The van der Waals surface area contributed by atoms with Gasteiger partial charge >= 0.3 is 0 Å². The summed E-state index contributed by atoms with van der Waals surface area (Å²) in [5, 5.41) is 0. The number of anilines is 1. The van der Waals surface area contributed by atoms with E-state index in [1.54, 1.807) is 0 Å². The molecule has 0 spiro atoms. The average molecular weight is 463 g/mol. The van der Waals surface area contributed by atoms with Crippen LogP contribution >= 0.6 is 0 Å². The summed E-state index contributed by atoms with van der Waals surface area (Å²) >= 11 is 0. The number of hydrogen-bond donors (Lipinski definition) is 1. The van der Waals surface area contributed by atoms with Crippen LogP contribution in [0.25, 0.3) is 33.2 Å². The predicted molar refractivity (Wildman–Crippen MR) is 137 cm³/mol. The van der Waals surface area contributed by atoms with Gasteiger partial charge in [-0.15, -0.1) is 0 Å². The summed E-state index contributed by atoms with van der Waals surface area (Å²) in [4.78, 5) is 23.2. The highest BCUT2D eigenvalue weighted by atomic mass is 16.2. The van der Waals surface area contributed by atoms with Gasteiger partial charge in [-0.05, 0) is 55.7 Å². The van der Waals surface area contributed by atoms with E-state index in [4.69, 9.17) is 12.3 Å². The third kappa shape index (κ3) is 3.46. The number of amides is 1. The minimum Gasteiger partial charge on any atom is -0.340 e. The first-order chi connectivity index (χ1) is 16.8. The number of benzene rings is 2. The van der Waals surface area contributed by atoms with Gasteiger partial charge in [-0.1, -0.05) is 24.3 Å². The molecule has 0 bridgehead atoms. The van der Waals surface area contributed by atoms with Crippen molar-refractivity contribution in [3.63, 3.8) is 0 Å². The third-order valence-electron chi connectivity index (χ3n) is 7.17. The van der Waals surface area contributed by atoms with E-state index in [-0.39, 0.29) is 11.8 Å². The number of rotatable bonds is 3. The molecule has 2 aliphatic heterocycles. The number of hydrogen-bond acceptors (Lipinski definition) is 3. The summed E-state index contributed by atoms with van der Waals surface area (Å²) in [5.41, 5.74) is 12.6. The molecule has 0 aliphatic carbocycles.